The maximum atomic E-state index is 15.8. The van der Waals surface area contributed by atoms with Crippen LogP contribution < -0.4 is 9.47 Å². The zero-order chi connectivity index (χ0) is 52.3. The molecule has 2 unspecified atom stereocenters. The molecule has 2 spiro atoms. The standard InChI is InChI=1S/C81H26O4/c1-14-12-16-6-8-18(14)78(82)80-74-66-58-48-38-30-22-20-21-24-28-26(22)34-42-36(28)46-40-32(24)33-25(21)29-27-23(20)31(30)39-45-35(27)43-37(29)47-41(33)51-50(40)60-54(46)64-56(42)62(52(58)44(34)38)70(74)72(64)76-68(60)69-61(51)55(47)65-57(43)63-53(45)59(49(39)48)67(66)75(80)71(63)73(65)77(69)81(76,80)79(83)19-9-7-17(13-15(19)2)85-11-5-3-4-10-84-16/h6-9,12-13,78-79,82-83H,3-5,10-11H2,1-2H3. The van der Waals surface area contributed by atoms with E-state index in [1.165, 1.54) is 216 Å². The van der Waals surface area contributed by atoms with Gasteiger partial charge in [0, 0.05) is 0 Å². The monoisotopic (exact) mass is 1060 g/mol. The summed E-state index contributed by atoms with van der Waals surface area (Å²) in [4.78, 5) is 0. The van der Waals surface area contributed by atoms with Gasteiger partial charge in [0.25, 0.3) is 0 Å². The topological polar surface area (TPSA) is 58.9 Å². The van der Waals surface area contributed by atoms with Crippen molar-refractivity contribution in [2.45, 2.75) is 56.1 Å². The molecule has 30 aromatic rings. The molecule has 38 rings (SSSR count). The van der Waals surface area contributed by atoms with Crippen molar-refractivity contribution < 1.29 is 19.7 Å². The van der Waals surface area contributed by atoms with Crippen LogP contribution in [-0.4, -0.2) is 23.4 Å². The fourth-order valence-corrected chi connectivity index (χ4v) is 27.7. The minimum absolute atomic E-state index is 0.625. The van der Waals surface area contributed by atoms with Crippen molar-refractivity contribution in [3.05, 3.63) is 80.9 Å². The Kier molecular flexibility index (Phi) is 3.68. The molecule has 4 bridgehead atoms. The van der Waals surface area contributed by atoms with Gasteiger partial charge in [-0.25, -0.2) is 0 Å². The lowest BCUT2D eigenvalue weighted by molar-refractivity contribution is -0.00275. The Morgan fingerprint density at radius 3 is 0.612 bits per heavy atom. The van der Waals surface area contributed by atoms with E-state index in [0.29, 0.717) is 13.2 Å². The summed E-state index contributed by atoms with van der Waals surface area (Å²) in [6, 6.07) is 13.3. The van der Waals surface area contributed by atoms with Gasteiger partial charge in [0.1, 0.15) is 11.5 Å². The van der Waals surface area contributed by atoms with Crippen LogP contribution in [0.1, 0.15) is 76.0 Å². The molecule has 4 aliphatic heterocycles. The Labute approximate surface area is 469 Å². The molecular formula is C81H26O4. The molecule has 0 saturated carbocycles. The second-order valence-corrected chi connectivity index (χ2v) is 30.0. The third kappa shape index (κ3) is 2.22. The van der Waals surface area contributed by atoms with Crippen LogP contribution in [0.15, 0.2) is 36.4 Å². The van der Waals surface area contributed by atoms with Crippen LogP contribution in [0.5, 0.6) is 11.5 Å². The van der Waals surface area contributed by atoms with Crippen molar-refractivity contribution in [2.75, 3.05) is 13.2 Å². The predicted octanol–water partition coefficient (Wildman–Crippen LogP) is 20.3. The van der Waals surface area contributed by atoms with Gasteiger partial charge < -0.3 is 19.7 Å². The summed E-state index contributed by atoms with van der Waals surface area (Å²) in [5.74, 6) is 1.70. The predicted molar refractivity (Wildman–Crippen MR) is 351 cm³/mol. The minimum atomic E-state index is -1.20. The summed E-state index contributed by atoms with van der Waals surface area (Å²) < 4.78 is 13.3. The van der Waals surface area contributed by atoms with Gasteiger partial charge in [0.2, 0.25) is 0 Å². The number of aliphatic hydroxyl groups excluding tert-OH is 2. The second kappa shape index (κ2) is 8.81. The van der Waals surface area contributed by atoms with E-state index >= 15 is 10.2 Å². The third-order valence-electron chi connectivity index (χ3n) is 28.7. The SMILES string of the molecule is Cc1cc2ccc1C(O)C13c4c5c6c7c8c9c(c%10c%11c1c1c4c4c%12c5c5c6c6c8c8c%13c9c9c%10c%10c%11c%11c1c1c4c4c%12c%12c5c5c6c8c6c8c%13c9c9c%10c%10c%11c1c1c4c4c%12c5c6c5c8c9c%10c1c45)C73C(O)c1ccc(cc1C)OCCCCCO2. The lowest BCUT2D eigenvalue weighted by Gasteiger charge is -2.58. The smallest absolute Gasteiger partial charge is 0.119 e. The van der Waals surface area contributed by atoms with E-state index in [1.807, 2.05) is 0 Å². The number of hydrogen-bond acceptors (Lipinski definition) is 4. The first-order valence-corrected chi connectivity index (χ1v) is 31.6. The number of aryl methyl sites for hydroxylation is 2. The molecule has 374 valence electrons. The third-order valence-corrected chi connectivity index (χ3v) is 28.7. The highest BCUT2D eigenvalue weighted by atomic mass is 16.5. The molecule has 8 aliphatic rings. The van der Waals surface area contributed by atoms with Gasteiger partial charge in [-0.3, -0.25) is 0 Å². The Hall–Kier alpha value is -9.58. The Morgan fingerprint density at radius 1 is 0.259 bits per heavy atom. The van der Waals surface area contributed by atoms with Crippen LogP contribution in [0.2, 0.25) is 0 Å². The normalized spacial score (nSPS) is 23.1. The Morgan fingerprint density at radius 2 is 0.435 bits per heavy atom. The summed E-state index contributed by atoms with van der Waals surface area (Å²) in [5.41, 5.74) is 6.83. The first-order chi connectivity index (χ1) is 42.0. The maximum absolute atomic E-state index is 15.8. The molecule has 0 amide bonds. The van der Waals surface area contributed by atoms with E-state index in [4.69, 9.17) is 9.47 Å². The van der Waals surface area contributed by atoms with E-state index in [2.05, 4.69) is 50.2 Å². The van der Waals surface area contributed by atoms with Gasteiger partial charge in [-0.05, 0) is 393 Å². The molecule has 0 radical (unpaired) electrons. The van der Waals surface area contributed by atoms with E-state index < -0.39 is 23.0 Å². The van der Waals surface area contributed by atoms with Crippen molar-refractivity contribution in [3.63, 3.8) is 0 Å². The molecule has 85 heavy (non-hydrogen) atoms. The highest BCUT2D eigenvalue weighted by Crippen LogP contribution is 2.87. The summed E-state index contributed by atoms with van der Waals surface area (Å²) in [6.07, 6.45) is 0.727. The van der Waals surface area contributed by atoms with Gasteiger partial charge in [-0.15, -0.1) is 0 Å². The number of benzene rings is 20. The van der Waals surface area contributed by atoms with Crippen molar-refractivity contribution >= 4 is 291 Å². The molecule has 2 atom stereocenters. The van der Waals surface area contributed by atoms with Crippen molar-refractivity contribution in [1.29, 1.82) is 0 Å². The molecule has 0 fully saturated rings. The van der Waals surface area contributed by atoms with Crippen molar-refractivity contribution in [1.82, 2.24) is 0 Å². The van der Waals surface area contributed by atoms with Gasteiger partial charge in [-0.1, -0.05) is 12.1 Å². The number of aliphatic hydroxyl groups is 2. The Balaban J connectivity index is 1.01. The van der Waals surface area contributed by atoms with Crippen LogP contribution in [-0.2, 0) is 10.8 Å². The molecule has 30 aromatic carbocycles. The van der Waals surface area contributed by atoms with Crippen LogP contribution in [0.25, 0.3) is 291 Å². The second-order valence-electron chi connectivity index (χ2n) is 30.0. The lowest BCUT2D eigenvalue weighted by atomic mass is 9.43. The highest BCUT2D eigenvalue weighted by Gasteiger charge is 2.74. The number of hydrogen-bond donors (Lipinski definition) is 2. The van der Waals surface area contributed by atoms with E-state index in [1.54, 1.807) is 97.0 Å². The molecule has 4 heteroatoms. The lowest BCUT2D eigenvalue weighted by Crippen LogP contribution is -2.58. The van der Waals surface area contributed by atoms with E-state index in [-0.39, 0.29) is 0 Å². The van der Waals surface area contributed by atoms with Gasteiger partial charge in [0.05, 0.1) is 36.3 Å². The summed E-state index contributed by atoms with van der Waals surface area (Å²) >= 11 is 0. The zero-order valence-electron chi connectivity index (χ0n) is 44.9. The largest absolute Gasteiger partial charge is 0.494 e. The van der Waals surface area contributed by atoms with Gasteiger partial charge in [-0.2, -0.15) is 0 Å². The molecule has 0 aromatic heterocycles. The van der Waals surface area contributed by atoms with Crippen LogP contribution in [0.3, 0.4) is 0 Å². The quantitative estimate of drug-likeness (QED) is 0.149. The maximum Gasteiger partial charge on any atom is 0.119 e. The zero-order valence-corrected chi connectivity index (χ0v) is 44.9. The van der Waals surface area contributed by atoms with Crippen molar-refractivity contribution in [3.8, 4) is 11.5 Å². The molecule has 0 saturated heterocycles. The van der Waals surface area contributed by atoms with Crippen LogP contribution >= 0.6 is 0 Å². The van der Waals surface area contributed by atoms with Gasteiger partial charge in [0.15, 0.2) is 0 Å². The van der Waals surface area contributed by atoms with Crippen LogP contribution in [0.4, 0.5) is 0 Å². The van der Waals surface area contributed by atoms with Crippen LogP contribution in [0, 0.1) is 13.8 Å². The van der Waals surface area contributed by atoms with E-state index in [9.17, 15) is 0 Å². The fourth-order valence-electron chi connectivity index (χ4n) is 27.7. The summed E-state index contributed by atoms with van der Waals surface area (Å²) in [6.45, 7) is 5.72. The van der Waals surface area contributed by atoms with Gasteiger partial charge >= 0.3 is 0 Å². The molecule has 4 aliphatic carbocycles. The number of rotatable bonds is 0. The summed E-state index contributed by atoms with van der Waals surface area (Å²) in [7, 11) is 0. The summed E-state index contributed by atoms with van der Waals surface area (Å²) in [5, 5.41) is 113. The average molecular weight is 1060 g/mol. The average Bonchev–Trinajstić information content (AvgIpc) is 1.39. The first kappa shape index (κ1) is 35.5. The molecule has 4 heterocycles. The highest BCUT2D eigenvalue weighted by molar-refractivity contribution is 6.82. The number of ether oxygens (including phenoxy) is 2. The Bertz CT molecular complexity index is 7490. The first-order valence-electron chi connectivity index (χ1n) is 31.6. The van der Waals surface area contributed by atoms with E-state index in [0.717, 1.165) is 53.0 Å². The minimum Gasteiger partial charge on any atom is -0.494 e. The molecule has 4 nitrogen and oxygen atoms in total. The fraction of sp³-hybridized carbons (Fsp3) is 0.136. The molecular weight excluding hydrogens is 1040 g/mol. The van der Waals surface area contributed by atoms with Crippen molar-refractivity contribution in [2.24, 2.45) is 0 Å². The molecule has 2 N–H and O–H groups in total.